The number of rotatable bonds is 2. The maximum Gasteiger partial charge on any atom is 0.0178 e. The van der Waals surface area contributed by atoms with Gasteiger partial charge in [-0.1, -0.05) is 63.5 Å². The molecule has 1 aliphatic carbocycles. The first kappa shape index (κ1) is 11.7. The van der Waals surface area contributed by atoms with E-state index in [1.165, 1.54) is 32.3 Å². The summed E-state index contributed by atoms with van der Waals surface area (Å²) in [5.74, 6) is 0. The van der Waals surface area contributed by atoms with Crippen molar-refractivity contribution in [3.63, 3.8) is 0 Å². The summed E-state index contributed by atoms with van der Waals surface area (Å²) in [4.78, 5) is 0. The van der Waals surface area contributed by atoms with Crippen LogP contribution in [0.25, 0.3) is 6.08 Å². The molecular weight excluding hydrogens is 284 g/mol. The van der Waals surface area contributed by atoms with Crippen molar-refractivity contribution in [1.82, 2.24) is 0 Å². The number of hydrogen-bond acceptors (Lipinski definition) is 0. The van der Waals surface area contributed by atoms with Crippen LogP contribution >= 0.6 is 15.9 Å². The van der Waals surface area contributed by atoms with Gasteiger partial charge >= 0.3 is 0 Å². The van der Waals surface area contributed by atoms with Gasteiger partial charge in [-0.2, -0.15) is 0 Å². The quantitative estimate of drug-likeness (QED) is 0.737. The molecule has 90 valence electrons. The van der Waals surface area contributed by atoms with Gasteiger partial charge in [0.2, 0.25) is 0 Å². The summed E-state index contributed by atoms with van der Waals surface area (Å²) >= 11 is 3.54. The van der Waals surface area contributed by atoms with Crippen molar-refractivity contribution < 1.29 is 0 Å². The number of aryl methyl sites for hydroxylation is 1. The normalized spacial score (nSPS) is 13.3. The van der Waals surface area contributed by atoms with Crippen molar-refractivity contribution in [2.45, 2.75) is 19.8 Å². The Morgan fingerprint density at radius 2 is 1.83 bits per heavy atom. The van der Waals surface area contributed by atoms with Gasteiger partial charge in [-0.05, 0) is 48.6 Å². The summed E-state index contributed by atoms with van der Waals surface area (Å²) < 4.78 is 1.17. The Kier molecular flexibility index (Phi) is 3.09. The van der Waals surface area contributed by atoms with Crippen LogP contribution in [0.4, 0.5) is 0 Å². The zero-order chi connectivity index (χ0) is 12.5. The minimum Gasteiger partial charge on any atom is -0.0608 e. The second-order valence-corrected chi connectivity index (χ2v) is 5.90. The molecule has 0 atom stereocenters. The average molecular weight is 299 g/mol. The molecule has 0 saturated heterocycles. The second-order valence-electron chi connectivity index (χ2n) is 4.98. The summed E-state index contributed by atoms with van der Waals surface area (Å²) in [6.45, 7) is 2.13. The molecule has 1 heteroatoms. The largest absolute Gasteiger partial charge is 0.0608 e. The van der Waals surface area contributed by atoms with E-state index in [1.54, 1.807) is 0 Å². The van der Waals surface area contributed by atoms with Gasteiger partial charge in [0.25, 0.3) is 0 Å². The van der Waals surface area contributed by atoms with Gasteiger partial charge in [-0.15, -0.1) is 0 Å². The van der Waals surface area contributed by atoms with E-state index in [2.05, 4.69) is 71.4 Å². The number of fused-ring (bicyclic) bond motifs is 1. The first-order valence-electron chi connectivity index (χ1n) is 6.24. The summed E-state index contributed by atoms with van der Waals surface area (Å²) in [5, 5.41) is 0. The molecule has 0 unspecified atom stereocenters. The van der Waals surface area contributed by atoms with Crippen LogP contribution in [0, 0.1) is 6.92 Å². The van der Waals surface area contributed by atoms with Gasteiger partial charge in [0.15, 0.2) is 0 Å². The molecule has 0 aliphatic heterocycles. The molecule has 0 saturated carbocycles. The number of halogens is 1. The van der Waals surface area contributed by atoms with Crippen molar-refractivity contribution in [2.24, 2.45) is 0 Å². The smallest absolute Gasteiger partial charge is 0.0178 e. The van der Waals surface area contributed by atoms with Crippen LogP contribution in [0.2, 0.25) is 0 Å². The second kappa shape index (κ2) is 4.74. The molecule has 1 aliphatic rings. The van der Waals surface area contributed by atoms with Crippen molar-refractivity contribution in [1.29, 1.82) is 0 Å². The summed E-state index contributed by atoms with van der Waals surface area (Å²) in [5.41, 5.74) is 7.05. The van der Waals surface area contributed by atoms with Crippen molar-refractivity contribution in [3.8, 4) is 0 Å². The molecule has 0 aromatic heterocycles. The number of hydrogen-bond donors (Lipinski definition) is 0. The molecular formula is C17H15Br. The topological polar surface area (TPSA) is 0 Å². The van der Waals surface area contributed by atoms with Crippen molar-refractivity contribution in [3.05, 3.63) is 74.8 Å². The molecule has 2 aromatic rings. The lowest BCUT2D eigenvalue weighted by Crippen LogP contribution is -1.91. The molecule has 0 fully saturated rings. The molecule has 3 rings (SSSR count). The zero-order valence-corrected chi connectivity index (χ0v) is 12.0. The van der Waals surface area contributed by atoms with Gasteiger partial charge in [0, 0.05) is 4.47 Å². The maximum atomic E-state index is 3.54. The highest BCUT2D eigenvalue weighted by atomic mass is 79.9. The van der Waals surface area contributed by atoms with Crippen molar-refractivity contribution >= 4 is 22.0 Å². The highest BCUT2D eigenvalue weighted by Crippen LogP contribution is 2.29. The first-order chi connectivity index (χ1) is 8.70. The van der Waals surface area contributed by atoms with Crippen LogP contribution in [0.1, 0.15) is 22.3 Å². The molecule has 0 heterocycles. The van der Waals surface area contributed by atoms with Gasteiger partial charge in [-0.3, -0.25) is 0 Å². The predicted octanol–water partition coefficient (Wildman–Crippen LogP) is 4.94. The monoisotopic (exact) mass is 298 g/mol. The van der Waals surface area contributed by atoms with Crippen LogP contribution in [-0.2, 0) is 12.8 Å². The van der Waals surface area contributed by atoms with Crippen LogP contribution in [0.15, 0.2) is 52.5 Å². The highest BCUT2D eigenvalue weighted by molar-refractivity contribution is 9.10. The van der Waals surface area contributed by atoms with E-state index in [1.807, 2.05) is 0 Å². The Morgan fingerprint density at radius 1 is 1.06 bits per heavy atom. The summed E-state index contributed by atoms with van der Waals surface area (Å²) in [6, 6.07) is 15.4. The van der Waals surface area contributed by atoms with E-state index in [0.29, 0.717) is 0 Å². The van der Waals surface area contributed by atoms with Crippen LogP contribution in [0.3, 0.4) is 0 Å². The Morgan fingerprint density at radius 3 is 2.61 bits per heavy atom. The zero-order valence-electron chi connectivity index (χ0n) is 10.4. The fourth-order valence-electron chi connectivity index (χ4n) is 2.47. The molecule has 2 aromatic carbocycles. The molecule has 0 amide bonds. The van der Waals surface area contributed by atoms with E-state index in [0.717, 1.165) is 12.8 Å². The average Bonchev–Trinajstić information content (AvgIpc) is 2.73. The molecule has 0 N–H and O–H groups in total. The molecule has 0 nitrogen and oxygen atoms in total. The lowest BCUT2D eigenvalue weighted by atomic mass is 10.0. The Balaban J connectivity index is 1.79. The van der Waals surface area contributed by atoms with Gasteiger partial charge in [0.1, 0.15) is 0 Å². The molecule has 0 spiro atoms. The van der Waals surface area contributed by atoms with Crippen LogP contribution in [0.5, 0.6) is 0 Å². The maximum absolute atomic E-state index is 3.54. The SMILES string of the molecule is Cc1ccc(CC2=Cc3ccc(Br)cc3C2)cc1. The molecule has 0 radical (unpaired) electrons. The third kappa shape index (κ3) is 2.41. The molecule has 18 heavy (non-hydrogen) atoms. The standard InChI is InChI=1S/C17H15Br/c1-12-2-4-13(5-3-12)8-14-9-15-6-7-17(18)11-16(15)10-14/h2-7,9,11H,8,10H2,1H3. The highest BCUT2D eigenvalue weighted by Gasteiger charge is 2.12. The lowest BCUT2D eigenvalue weighted by molar-refractivity contribution is 1.07. The van der Waals surface area contributed by atoms with Crippen LogP contribution < -0.4 is 0 Å². The third-order valence-electron chi connectivity index (χ3n) is 3.43. The van der Waals surface area contributed by atoms with E-state index in [4.69, 9.17) is 0 Å². The summed E-state index contributed by atoms with van der Waals surface area (Å²) in [6.07, 6.45) is 4.48. The third-order valence-corrected chi connectivity index (χ3v) is 3.93. The van der Waals surface area contributed by atoms with Gasteiger partial charge in [0.05, 0.1) is 0 Å². The van der Waals surface area contributed by atoms with E-state index in [-0.39, 0.29) is 0 Å². The number of allylic oxidation sites excluding steroid dienone is 1. The van der Waals surface area contributed by atoms with Gasteiger partial charge in [-0.25, -0.2) is 0 Å². The Labute approximate surface area is 116 Å². The predicted molar refractivity (Wildman–Crippen MR) is 80.7 cm³/mol. The van der Waals surface area contributed by atoms with E-state index in [9.17, 15) is 0 Å². The van der Waals surface area contributed by atoms with E-state index >= 15 is 0 Å². The van der Waals surface area contributed by atoms with E-state index < -0.39 is 0 Å². The Bertz CT molecular complexity index is 606. The Hall–Kier alpha value is -1.34. The lowest BCUT2D eigenvalue weighted by Gasteiger charge is -2.03. The van der Waals surface area contributed by atoms with Crippen LogP contribution in [-0.4, -0.2) is 0 Å². The first-order valence-corrected chi connectivity index (χ1v) is 7.03. The fourth-order valence-corrected chi connectivity index (χ4v) is 2.87. The van der Waals surface area contributed by atoms with Gasteiger partial charge < -0.3 is 0 Å². The minimum atomic E-state index is 1.06. The fraction of sp³-hybridized carbons (Fsp3) is 0.176. The van der Waals surface area contributed by atoms with Crippen molar-refractivity contribution in [2.75, 3.05) is 0 Å². The number of benzene rings is 2. The summed E-state index contributed by atoms with van der Waals surface area (Å²) in [7, 11) is 0. The minimum absolute atomic E-state index is 1.06. The molecule has 0 bridgehead atoms.